The number of rotatable bonds is 4. The molecule has 0 aliphatic carbocycles. The van der Waals surface area contributed by atoms with Crippen molar-refractivity contribution in [2.24, 2.45) is 0 Å². The van der Waals surface area contributed by atoms with Crippen LogP contribution in [0, 0.1) is 0 Å². The molecule has 0 bridgehead atoms. The molecular formula is C9H15F3N2O3. The molecule has 0 fully saturated rings. The Hall–Kier alpha value is -1.47. The van der Waals surface area contributed by atoms with Crippen LogP contribution in [0.3, 0.4) is 0 Å². The number of carboxylic acid groups (broad SMARTS) is 1. The molecule has 0 aromatic rings. The van der Waals surface area contributed by atoms with Crippen molar-refractivity contribution < 1.29 is 27.9 Å². The second-order valence-electron chi connectivity index (χ2n) is 3.53. The normalized spacial score (nSPS) is 14.9. The summed E-state index contributed by atoms with van der Waals surface area (Å²) in [6.45, 7) is 3.95. The van der Waals surface area contributed by atoms with Gasteiger partial charge in [0, 0.05) is 13.1 Å². The molecule has 0 spiro atoms. The number of amides is 2. The average molecular weight is 256 g/mol. The van der Waals surface area contributed by atoms with E-state index in [0.717, 1.165) is 4.90 Å². The van der Waals surface area contributed by atoms with Crippen LogP contribution in [0.2, 0.25) is 0 Å². The predicted octanol–water partition coefficient (Wildman–Crippen LogP) is 1.44. The van der Waals surface area contributed by atoms with Crippen LogP contribution in [0.5, 0.6) is 0 Å². The molecular weight excluding hydrogens is 241 g/mol. The third-order valence-electron chi connectivity index (χ3n) is 2.40. The van der Waals surface area contributed by atoms with Crippen LogP contribution < -0.4 is 5.32 Å². The third kappa shape index (κ3) is 3.24. The Kier molecular flexibility index (Phi) is 4.79. The highest BCUT2D eigenvalue weighted by molar-refractivity contribution is 5.86. The molecule has 8 heteroatoms. The maximum Gasteiger partial charge on any atom is 0.422 e. The fourth-order valence-electron chi connectivity index (χ4n) is 1.05. The van der Waals surface area contributed by atoms with Crippen LogP contribution in [-0.2, 0) is 4.79 Å². The van der Waals surface area contributed by atoms with Gasteiger partial charge < -0.3 is 15.3 Å². The van der Waals surface area contributed by atoms with E-state index in [1.807, 2.05) is 0 Å². The molecule has 100 valence electrons. The van der Waals surface area contributed by atoms with Gasteiger partial charge in [-0.05, 0) is 20.8 Å². The number of nitrogens with zero attached hydrogens (tertiary/aromatic N) is 1. The van der Waals surface area contributed by atoms with E-state index < -0.39 is 23.7 Å². The Balaban J connectivity index is 5.04. The summed E-state index contributed by atoms with van der Waals surface area (Å²) in [5.74, 6) is -2.15. The van der Waals surface area contributed by atoms with Crippen molar-refractivity contribution >= 4 is 12.0 Å². The van der Waals surface area contributed by atoms with Crippen LogP contribution >= 0.6 is 0 Å². The Morgan fingerprint density at radius 2 is 1.65 bits per heavy atom. The van der Waals surface area contributed by atoms with Crippen molar-refractivity contribution in [3.05, 3.63) is 0 Å². The molecule has 0 saturated heterocycles. The third-order valence-corrected chi connectivity index (χ3v) is 2.40. The summed E-state index contributed by atoms with van der Waals surface area (Å²) >= 11 is 0. The summed E-state index contributed by atoms with van der Waals surface area (Å²) in [4.78, 5) is 23.1. The van der Waals surface area contributed by atoms with Gasteiger partial charge in [0.2, 0.25) is 5.54 Å². The zero-order valence-corrected chi connectivity index (χ0v) is 9.76. The number of alkyl halides is 3. The number of carboxylic acids is 1. The summed E-state index contributed by atoms with van der Waals surface area (Å²) in [6, 6.07) is -1.06. The summed E-state index contributed by atoms with van der Waals surface area (Å²) < 4.78 is 37.7. The average Bonchev–Trinajstić information content (AvgIpc) is 2.17. The van der Waals surface area contributed by atoms with Gasteiger partial charge in [0.05, 0.1) is 0 Å². The molecule has 5 nitrogen and oxygen atoms in total. The summed E-state index contributed by atoms with van der Waals surface area (Å²) in [5, 5.41) is 10.1. The van der Waals surface area contributed by atoms with Crippen LogP contribution in [0.1, 0.15) is 20.8 Å². The zero-order valence-electron chi connectivity index (χ0n) is 9.76. The van der Waals surface area contributed by atoms with Gasteiger partial charge in [-0.15, -0.1) is 0 Å². The highest BCUT2D eigenvalue weighted by atomic mass is 19.4. The SMILES string of the molecule is CCN(CC)C(=O)NC(C)(C(=O)O)C(F)(F)F. The molecule has 0 rings (SSSR count). The van der Waals surface area contributed by atoms with Crippen LogP contribution in [-0.4, -0.2) is 46.8 Å². The number of carbonyl (C=O) groups excluding carboxylic acids is 1. The fraction of sp³-hybridized carbons (Fsp3) is 0.778. The van der Waals surface area contributed by atoms with Crippen LogP contribution in [0.25, 0.3) is 0 Å². The largest absolute Gasteiger partial charge is 0.479 e. The van der Waals surface area contributed by atoms with E-state index in [1.165, 1.54) is 5.32 Å². The number of hydrogen-bond donors (Lipinski definition) is 2. The molecule has 0 heterocycles. The second kappa shape index (κ2) is 5.24. The molecule has 2 amide bonds. The van der Waals surface area contributed by atoms with Crippen molar-refractivity contribution in [2.75, 3.05) is 13.1 Å². The number of urea groups is 1. The highest BCUT2D eigenvalue weighted by Gasteiger charge is 2.58. The van der Waals surface area contributed by atoms with E-state index in [9.17, 15) is 22.8 Å². The van der Waals surface area contributed by atoms with Gasteiger partial charge >= 0.3 is 18.2 Å². The first-order valence-corrected chi connectivity index (χ1v) is 4.97. The first-order valence-electron chi connectivity index (χ1n) is 4.97. The minimum absolute atomic E-state index is 0.190. The topological polar surface area (TPSA) is 69.6 Å². The van der Waals surface area contributed by atoms with Crippen molar-refractivity contribution in [3.63, 3.8) is 0 Å². The minimum atomic E-state index is -5.07. The van der Waals surface area contributed by atoms with E-state index >= 15 is 0 Å². The number of nitrogens with one attached hydrogen (secondary N) is 1. The molecule has 0 aliphatic heterocycles. The van der Waals surface area contributed by atoms with E-state index in [4.69, 9.17) is 5.11 Å². The van der Waals surface area contributed by atoms with E-state index in [0.29, 0.717) is 6.92 Å². The molecule has 0 saturated carbocycles. The van der Waals surface area contributed by atoms with Gasteiger partial charge in [0.1, 0.15) is 0 Å². The summed E-state index contributed by atoms with van der Waals surface area (Å²) in [7, 11) is 0. The Morgan fingerprint density at radius 1 is 1.24 bits per heavy atom. The molecule has 0 aliphatic rings. The fourth-order valence-corrected chi connectivity index (χ4v) is 1.05. The van der Waals surface area contributed by atoms with Gasteiger partial charge in [-0.1, -0.05) is 0 Å². The Bertz CT molecular complexity index is 302. The Labute approximate surface area is 96.6 Å². The van der Waals surface area contributed by atoms with E-state index in [1.54, 1.807) is 13.8 Å². The van der Waals surface area contributed by atoms with E-state index in [-0.39, 0.29) is 13.1 Å². The lowest BCUT2D eigenvalue weighted by Gasteiger charge is -2.31. The van der Waals surface area contributed by atoms with Gasteiger partial charge in [-0.2, -0.15) is 13.2 Å². The molecule has 0 radical (unpaired) electrons. The lowest BCUT2D eigenvalue weighted by molar-refractivity contribution is -0.203. The maximum absolute atomic E-state index is 12.6. The second-order valence-corrected chi connectivity index (χ2v) is 3.53. The molecule has 2 N–H and O–H groups in total. The monoisotopic (exact) mass is 256 g/mol. The van der Waals surface area contributed by atoms with Gasteiger partial charge in [-0.3, -0.25) is 0 Å². The zero-order chi connectivity index (χ0) is 13.9. The lowest BCUT2D eigenvalue weighted by Crippen LogP contribution is -2.64. The summed E-state index contributed by atoms with van der Waals surface area (Å²) in [5.41, 5.74) is -3.29. The van der Waals surface area contributed by atoms with Crippen molar-refractivity contribution in [2.45, 2.75) is 32.5 Å². The van der Waals surface area contributed by atoms with Crippen molar-refractivity contribution in [3.8, 4) is 0 Å². The number of carbonyl (C=O) groups is 2. The van der Waals surface area contributed by atoms with Gasteiger partial charge in [-0.25, -0.2) is 9.59 Å². The highest BCUT2D eigenvalue weighted by Crippen LogP contribution is 2.30. The van der Waals surface area contributed by atoms with E-state index in [2.05, 4.69) is 0 Å². The first-order chi connectivity index (χ1) is 7.60. The predicted molar refractivity (Wildman–Crippen MR) is 53.5 cm³/mol. The van der Waals surface area contributed by atoms with Crippen molar-refractivity contribution in [1.82, 2.24) is 10.2 Å². The van der Waals surface area contributed by atoms with Crippen molar-refractivity contribution in [1.29, 1.82) is 0 Å². The number of aliphatic carboxylic acids is 1. The molecule has 1 unspecified atom stereocenters. The minimum Gasteiger partial charge on any atom is -0.479 e. The molecule has 1 atom stereocenters. The Morgan fingerprint density at radius 3 is 1.88 bits per heavy atom. The molecule has 17 heavy (non-hydrogen) atoms. The maximum atomic E-state index is 12.6. The standard InChI is InChI=1S/C9H15F3N2O3/c1-4-14(5-2)7(17)13-8(3,6(15)16)9(10,11)12/h4-5H2,1-3H3,(H,13,17)(H,15,16). The van der Waals surface area contributed by atoms with Gasteiger partial charge in [0.15, 0.2) is 0 Å². The number of halogens is 3. The molecule has 0 aromatic heterocycles. The smallest absolute Gasteiger partial charge is 0.422 e. The first kappa shape index (κ1) is 15.5. The van der Waals surface area contributed by atoms with Crippen LogP contribution in [0.4, 0.5) is 18.0 Å². The quantitative estimate of drug-likeness (QED) is 0.799. The lowest BCUT2D eigenvalue weighted by atomic mass is 10.0. The number of hydrogen-bond acceptors (Lipinski definition) is 2. The molecule has 0 aromatic carbocycles. The van der Waals surface area contributed by atoms with Gasteiger partial charge in [0.25, 0.3) is 0 Å². The summed E-state index contributed by atoms with van der Waals surface area (Å²) in [6.07, 6.45) is -5.07. The van der Waals surface area contributed by atoms with Crippen LogP contribution in [0.15, 0.2) is 0 Å².